The molecule has 0 bridgehead atoms. The van der Waals surface area contributed by atoms with Crippen molar-refractivity contribution >= 4 is 43.1 Å². The third-order valence-electron chi connectivity index (χ3n) is 10.7. The van der Waals surface area contributed by atoms with Crippen molar-refractivity contribution in [3.63, 3.8) is 0 Å². The highest BCUT2D eigenvalue weighted by Crippen LogP contribution is 2.40. The van der Waals surface area contributed by atoms with Gasteiger partial charge in [-0.15, -0.1) is 0 Å². The molecule has 0 aromatic heterocycles. The van der Waals surface area contributed by atoms with E-state index >= 15 is 0 Å². The molecule has 0 N–H and O–H groups in total. The summed E-state index contributed by atoms with van der Waals surface area (Å²) in [6.45, 7) is 0. The van der Waals surface area contributed by atoms with E-state index in [-0.39, 0.29) is 0 Å². The highest BCUT2D eigenvalue weighted by molar-refractivity contribution is 6.16. The van der Waals surface area contributed by atoms with Gasteiger partial charge in [-0.1, -0.05) is 182 Å². The van der Waals surface area contributed by atoms with Gasteiger partial charge < -0.3 is 0 Å². The van der Waals surface area contributed by atoms with Gasteiger partial charge in [-0.2, -0.15) is 0 Å². The number of hydrogen-bond acceptors (Lipinski definition) is 0. The summed E-state index contributed by atoms with van der Waals surface area (Å²) in [5.41, 5.74) is 12.3. The quantitative estimate of drug-likeness (QED) is 0.161. The molecule has 0 saturated heterocycles. The maximum atomic E-state index is 2.36. The number of rotatable bonds is 5. The molecule has 52 heavy (non-hydrogen) atoms. The molecule has 10 rings (SSSR count). The molecule has 0 spiro atoms. The number of hydrogen-bond donors (Lipinski definition) is 0. The zero-order valence-electron chi connectivity index (χ0n) is 28.6. The molecule has 0 atom stereocenters. The fourth-order valence-electron chi connectivity index (χ4n) is 7.99. The van der Waals surface area contributed by atoms with Gasteiger partial charge in [-0.05, 0) is 123 Å². The van der Waals surface area contributed by atoms with E-state index in [0.717, 1.165) is 0 Å². The van der Waals surface area contributed by atoms with Gasteiger partial charge in [0.15, 0.2) is 0 Å². The first-order chi connectivity index (χ1) is 25.8. The molecule has 0 heteroatoms. The zero-order chi connectivity index (χ0) is 34.4. The van der Waals surface area contributed by atoms with Crippen LogP contribution >= 0.6 is 0 Å². The number of benzene rings is 10. The van der Waals surface area contributed by atoms with Crippen LogP contribution in [0.4, 0.5) is 0 Å². The van der Waals surface area contributed by atoms with Gasteiger partial charge in [0.25, 0.3) is 0 Å². The van der Waals surface area contributed by atoms with Crippen LogP contribution in [0.15, 0.2) is 206 Å². The highest BCUT2D eigenvalue weighted by atomic mass is 14.2. The molecule has 0 aliphatic carbocycles. The fourth-order valence-corrected chi connectivity index (χ4v) is 7.99. The molecule has 0 radical (unpaired) electrons. The first-order valence-corrected chi connectivity index (χ1v) is 18.0. The van der Waals surface area contributed by atoms with Gasteiger partial charge in [-0.3, -0.25) is 0 Å². The van der Waals surface area contributed by atoms with Crippen LogP contribution in [-0.4, -0.2) is 0 Å². The molecule has 10 aromatic rings. The van der Waals surface area contributed by atoms with Gasteiger partial charge >= 0.3 is 0 Å². The molecular formula is C52H34. The molecule has 0 unspecified atom stereocenters. The summed E-state index contributed by atoms with van der Waals surface area (Å²) in [4.78, 5) is 0. The van der Waals surface area contributed by atoms with Crippen molar-refractivity contribution in [2.75, 3.05) is 0 Å². The molecule has 0 nitrogen and oxygen atoms in total. The topological polar surface area (TPSA) is 0 Å². The maximum Gasteiger partial charge on any atom is -0.00928 e. The number of fused-ring (bicyclic) bond motifs is 6. The van der Waals surface area contributed by atoms with Crippen molar-refractivity contribution in [1.82, 2.24) is 0 Å². The Labute approximate surface area is 303 Å². The fraction of sp³-hybridized carbons (Fsp3) is 0. The second-order valence-electron chi connectivity index (χ2n) is 13.7. The summed E-state index contributed by atoms with van der Waals surface area (Å²) < 4.78 is 0. The average molecular weight is 659 g/mol. The molecular weight excluding hydrogens is 625 g/mol. The Morgan fingerprint density at radius 1 is 0.173 bits per heavy atom. The monoisotopic (exact) mass is 658 g/mol. The van der Waals surface area contributed by atoms with Crippen LogP contribution in [0.25, 0.3) is 98.7 Å². The smallest absolute Gasteiger partial charge is 0.00928 e. The zero-order valence-corrected chi connectivity index (χ0v) is 28.6. The first kappa shape index (κ1) is 30.1. The lowest BCUT2D eigenvalue weighted by molar-refractivity contribution is 1.60. The van der Waals surface area contributed by atoms with E-state index in [4.69, 9.17) is 0 Å². The van der Waals surface area contributed by atoms with E-state index in [0.29, 0.717) is 0 Å². The van der Waals surface area contributed by atoms with Crippen LogP contribution < -0.4 is 0 Å². The van der Waals surface area contributed by atoms with Gasteiger partial charge in [0.05, 0.1) is 0 Å². The van der Waals surface area contributed by atoms with Gasteiger partial charge in [-0.25, -0.2) is 0 Å². The summed E-state index contributed by atoms with van der Waals surface area (Å²) >= 11 is 0. The summed E-state index contributed by atoms with van der Waals surface area (Å²) in [6.07, 6.45) is 0. The van der Waals surface area contributed by atoms with Crippen molar-refractivity contribution in [2.24, 2.45) is 0 Å². The second-order valence-corrected chi connectivity index (χ2v) is 13.7. The van der Waals surface area contributed by atoms with Crippen LogP contribution in [-0.2, 0) is 0 Å². The Morgan fingerprint density at radius 3 is 0.923 bits per heavy atom. The van der Waals surface area contributed by atoms with E-state index in [9.17, 15) is 0 Å². The first-order valence-electron chi connectivity index (χ1n) is 18.0. The minimum absolute atomic E-state index is 1.21. The molecule has 0 saturated carbocycles. The standard InChI is InChI=1S/C52H34/c1-3-11-35(12-4-1)41-27-29-47-45-17-9-7-15-43(45)33-49(51(47)31-41)39-23-19-37(20-24-39)38-21-25-40(26-22-38)50-34-44-16-8-10-18-46(44)48-30-28-42(32-52(48)50)36-13-5-2-6-14-36/h1-34H. The molecule has 0 amide bonds. The minimum Gasteiger partial charge on any atom is -0.0622 e. The van der Waals surface area contributed by atoms with E-state index in [1.165, 1.54) is 98.7 Å². The van der Waals surface area contributed by atoms with Crippen LogP contribution in [0.1, 0.15) is 0 Å². The predicted molar refractivity (Wildman–Crippen MR) is 224 cm³/mol. The van der Waals surface area contributed by atoms with Crippen molar-refractivity contribution in [2.45, 2.75) is 0 Å². The molecule has 0 heterocycles. The average Bonchev–Trinajstić information content (AvgIpc) is 3.23. The van der Waals surface area contributed by atoms with Gasteiger partial charge in [0, 0.05) is 0 Å². The third-order valence-corrected chi connectivity index (χ3v) is 10.7. The molecule has 0 aliphatic heterocycles. The largest absolute Gasteiger partial charge is 0.0622 e. The Kier molecular flexibility index (Phi) is 7.25. The van der Waals surface area contributed by atoms with E-state index < -0.39 is 0 Å². The molecule has 0 aliphatic rings. The van der Waals surface area contributed by atoms with E-state index in [1.54, 1.807) is 0 Å². The molecule has 10 aromatic carbocycles. The van der Waals surface area contributed by atoms with Crippen molar-refractivity contribution < 1.29 is 0 Å². The Morgan fingerprint density at radius 2 is 0.500 bits per heavy atom. The Balaban J connectivity index is 1.04. The second kappa shape index (κ2) is 12.5. The van der Waals surface area contributed by atoms with Crippen molar-refractivity contribution in [3.05, 3.63) is 206 Å². The van der Waals surface area contributed by atoms with Crippen LogP contribution in [0.5, 0.6) is 0 Å². The van der Waals surface area contributed by atoms with Crippen molar-refractivity contribution in [3.8, 4) is 55.6 Å². The lowest BCUT2D eigenvalue weighted by Crippen LogP contribution is -1.88. The lowest BCUT2D eigenvalue weighted by atomic mass is 9.89. The molecule has 0 fully saturated rings. The highest BCUT2D eigenvalue weighted by Gasteiger charge is 2.13. The lowest BCUT2D eigenvalue weighted by Gasteiger charge is -2.14. The summed E-state index contributed by atoms with van der Waals surface area (Å²) in [6, 6.07) is 75.5. The SMILES string of the molecule is c1ccc(-c2ccc3c(c2)c(-c2ccc(-c4ccc(-c5cc6ccccc6c6ccc(-c7ccccc7)cc56)cc4)cc2)cc2ccccc23)cc1. The molecule has 242 valence electrons. The van der Waals surface area contributed by atoms with Crippen LogP contribution in [0, 0.1) is 0 Å². The van der Waals surface area contributed by atoms with E-state index in [2.05, 4.69) is 206 Å². The van der Waals surface area contributed by atoms with Crippen molar-refractivity contribution in [1.29, 1.82) is 0 Å². The summed E-state index contributed by atoms with van der Waals surface area (Å²) in [5.74, 6) is 0. The van der Waals surface area contributed by atoms with Gasteiger partial charge in [0.2, 0.25) is 0 Å². The summed E-state index contributed by atoms with van der Waals surface area (Å²) in [7, 11) is 0. The van der Waals surface area contributed by atoms with E-state index in [1.807, 2.05) is 0 Å². The summed E-state index contributed by atoms with van der Waals surface area (Å²) in [5, 5.41) is 10.2. The normalized spacial score (nSPS) is 11.5. The Hall–Kier alpha value is -6.76. The van der Waals surface area contributed by atoms with Crippen LogP contribution in [0.3, 0.4) is 0 Å². The van der Waals surface area contributed by atoms with Crippen LogP contribution in [0.2, 0.25) is 0 Å². The maximum absolute atomic E-state index is 2.36. The third kappa shape index (κ3) is 5.25. The Bertz CT molecular complexity index is 2700. The predicted octanol–water partition coefficient (Wildman–Crippen LogP) is 14.6. The minimum atomic E-state index is 1.21. The van der Waals surface area contributed by atoms with Gasteiger partial charge in [0.1, 0.15) is 0 Å².